The molecular formula is C13H23N3O. The lowest BCUT2D eigenvalue weighted by molar-refractivity contribution is -0.135. The molecule has 4 nitrogen and oxygen atoms in total. The Balaban J connectivity index is 2.41. The molecule has 0 aromatic carbocycles. The molecule has 1 fully saturated rings. The van der Waals surface area contributed by atoms with E-state index in [0.29, 0.717) is 12.3 Å². The van der Waals surface area contributed by atoms with Gasteiger partial charge in [-0.15, -0.1) is 0 Å². The van der Waals surface area contributed by atoms with Crippen molar-refractivity contribution in [3.63, 3.8) is 0 Å². The summed E-state index contributed by atoms with van der Waals surface area (Å²) in [6.07, 6.45) is 2.74. The second-order valence-electron chi connectivity index (χ2n) is 5.12. The highest BCUT2D eigenvalue weighted by Crippen LogP contribution is 2.19. The van der Waals surface area contributed by atoms with Crippen LogP contribution in [0.15, 0.2) is 0 Å². The van der Waals surface area contributed by atoms with Crippen LogP contribution in [0, 0.1) is 23.2 Å². The molecule has 1 aliphatic rings. The smallest absolute Gasteiger partial charge is 0.239 e. The normalized spacial score (nSPS) is 19.1. The molecule has 1 aliphatic heterocycles. The monoisotopic (exact) mass is 237 g/mol. The van der Waals surface area contributed by atoms with Gasteiger partial charge in [-0.25, -0.2) is 0 Å². The van der Waals surface area contributed by atoms with Crippen molar-refractivity contribution in [3.8, 4) is 6.07 Å². The summed E-state index contributed by atoms with van der Waals surface area (Å²) in [5.74, 6) is 0.273. The quantitative estimate of drug-likeness (QED) is 0.741. The van der Waals surface area contributed by atoms with Gasteiger partial charge in [-0.2, -0.15) is 5.26 Å². The minimum absolute atomic E-state index is 0.0262. The van der Waals surface area contributed by atoms with E-state index in [-0.39, 0.29) is 5.91 Å². The first kappa shape index (κ1) is 14.0. The molecule has 1 amide bonds. The molecule has 96 valence electrons. The minimum atomic E-state index is -0.444. The number of carbonyl (C=O) groups excluding carboxylic acids is 1. The predicted octanol–water partition coefficient (Wildman–Crippen LogP) is 1.34. The van der Waals surface area contributed by atoms with Crippen molar-refractivity contribution in [2.45, 2.75) is 26.2 Å². The Morgan fingerprint density at radius 1 is 1.47 bits per heavy atom. The van der Waals surface area contributed by atoms with Crippen molar-refractivity contribution >= 4 is 5.91 Å². The minimum Gasteiger partial charge on any atom is -0.342 e. The van der Waals surface area contributed by atoms with Gasteiger partial charge in [0.2, 0.25) is 5.91 Å². The maximum absolute atomic E-state index is 12.0. The van der Waals surface area contributed by atoms with Gasteiger partial charge in [0.1, 0.15) is 5.92 Å². The van der Waals surface area contributed by atoms with E-state index in [4.69, 9.17) is 5.26 Å². The summed E-state index contributed by atoms with van der Waals surface area (Å²) in [5, 5.41) is 8.89. The highest BCUT2D eigenvalue weighted by molar-refractivity contribution is 5.81. The van der Waals surface area contributed by atoms with Crippen molar-refractivity contribution in [1.82, 2.24) is 9.80 Å². The highest BCUT2D eigenvalue weighted by Gasteiger charge is 2.27. The van der Waals surface area contributed by atoms with E-state index in [1.807, 2.05) is 11.8 Å². The second-order valence-corrected chi connectivity index (χ2v) is 5.12. The Bertz CT molecular complexity index is 288. The molecule has 0 aromatic rings. The Morgan fingerprint density at radius 3 is 2.47 bits per heavy atom. The van der Waals surface area contributed by atoms with Crippen LogP contribution in [-0.4, -0.2) is 49.4 Å². The molecule has 0 spiro atoms. The van der Waals surface area contributed by atoms with E-state index in [2.05, 4.69) is 25.1 Å². The lowest BCUT2D eigenvalue weighted by Gasteiger charge is -2.34. The van der Waals surface area contributed by atoms with Gasteiger partial charge in [0.25, 0.3) is 0 Å². The molecular weight excluding hydrogens is 214 g/mol. The van der Waals surface area contributed by atoms with Gasteiger partial charge in [0, 0.05) is 19.6 Å². The summed E-state index contributed by atoms with van der Waals surface area (Å²) in [6.45, 7) is 4.62. The number of nitrogens with zero attached hydrogens (tertiary/aromatic N) is 3. The third-order valence-corrected chi connectivity index (χ3v) is 3.41. The molecule has 0 saturated carbocycles. The molecule has 1 saturated heterocycles. The molecule has 1 heterocycles. The third kappa shape index (κ3) is 4.01. The molecule has 17 heavy (non-hydrogen) atoms. The van der Waals surface area contributed by atoms with Crippen LogP contribution in [0.4, 0.5) is 0 Å². The van der Waals surface area contributed by atoms with Crippen molar-refractivity contribution in [2.75, 3.05) is 33.7 Å². The van der Waals surface area contributed by atoms with Gasteiger partial charge in [-0.3, -0.25) is 4.79 Å². The van der Waals surface area contributed by atoms with Crippen LogP contribution in [0.1, 0.15) is 26.2 Å². The summed E-state index contributed by atoms with van der Waals surface area (Å²) < 4.78 is 0. The average Bonchev–Trinajstić information content (AvgIpc) is 2.30. The van der Waals surface area contributed by atoms with Gasteiger partial charge < -0.3 is 9.80 Å². The van der Waals surface area contributed by atoms with Crippen LogP contribution in [0.5, 0.6) is 0 Å². The summed E-state index contributed by atoms with van der Waals surface area (Å²) in [4.78, 5) is 16.0. The lowest BCUT2D eigenvalue weighted by Crippen LogP contribution is -2.43. The standard InChI is InChI=1S/C13H23N3O/c1-4-12(9-14)13(17)16-7-5-11(6-8-16)10-15(2)3/h11-12H,4-8,10H2,1-3H3. The molecule has 1 rings (SSSR count). The Morgan fingerprint density at radius 2 is 2.06 bits per heavy atom. The Kier molecular flexibility index (Phi) is 5.43. The van der Waals surface area contributed by atoms with Gasteiger partial charge in [-0.05, 0) is 39.3 Å². The summed E-state index contributed by atoms with van der Waals surface area (Å²) >= 11 is 0. The molecule has 1 atom stereocenters. The van der Waals surface area contributed by atoms with Gasteiger partial charge in [0.15, 0.2) is 0 Å². The second kappa shape index (κ2) is 6.61. The zero-order valence-corrected chi connectivity index (χ0v) is 11.1. The zero-order chi connectivity index (χ0) is 12.8. The molecule has 0 aromatic heterocycles. The number of nitriles is 1. The molecule has 1 unspecified atom stereocenters. The van der Waals surface area contributed by atoms with Crippen molar-refractivity contribution in [1.29, 1.82) is 5.26 Å². The van der Waals surface area contributed by atoms with E-state index >= 15 is 0 Å². The van der Waals surface area contributed by atoms with E-state index in [0.717, 1.165) is 32.5 Å². The highest BCUT2D eigenvalue weighted by atomic mass is 16.2. The van der Waals surface area contributed by atoms with E-state index in [1.54, 1.807) is 0 Å². The van der Waals surface area contributed by atoms with Gasteiger partial charge in [-0.1, -0.05) is 6.92 Å². The maximum Gasteiger partial charge on any atom is 0.239 e. The van der Waals surface area contributed by atoms with Crippen LogP contribution in [0.3, 0.4) is 0 Å². The fourth-order valence-electron chi connectivity index (χ4n) is 2.39. The predicted molar refractivity (Wildman–Crippen MR) is 67.3 cm³/mol. The van der Waals surface area contributed by atoms with Gasteiger partial charge >= 0.3 is 0 Å². The fraction of sp³-hybridized carbons (Fsp3) is 0.846. The van der Waals surface area contributed by atoms with Crippen LogP contribution < -0.4 is 0 Å². The fourth-order valence-corrected chi connectivity index (χ4v) is 2.39. The molecule has 0 radical (unpaired) electrons. The SMILES string of the molecule is CCC(C#N)C(=O)N1CCC(CN(C)C)CC1. The van der Waals surface area contributed by atoms with E-state index < -0.39 is 5.92 Å². The Labute approximate surface area is 104 Å². The molecule has 0 aliphatic carbocycles. The van der Waals surface area contributed by atoms with Crippen LogP contribution >= 0.6 is 0 Å². The number of rotatable bonds is 4. The van der Waals surface area contributed by atoms with Gasteiger partial charge in [0.05, 0.1) is 6.07 Å². The number of hydrogen-bond acceptors (Lipinski definition) is 3. The first-order valence-electron chi connectivity index (χ1n) is 6.41. The van der Waals surface area contributed by atoms with E-state index in [1.165, 1.54) is 0 Å². The molecule has 0 bridgehead atoms. The summed E-state index contributed by atoms with van der Waals surface area (Å²) in [5.41, 5.74) is 0. The number of hydrogen-bond donors (Lipinski definition) is 0. The van der Waals surface area contributed by atoms with Crippen LogP contribution in [-0.2, 0) is 4.79 Å². The largest absolute Gasteiger partial charge is 0.342 e. The van der Waals surface area contributed by atoms with Crippen LogP contribution in [0.2, 0.25) is 0 Å². The van der Waals surface area contributed by atoms with Crippen molar-refractivity contribution < 1.29 is 4.79 Å². The Hall–Kier alpha value is -1.08. The van der Waals surface area contributed by atoms with Crippen molar-refractivity contribution in [3.05, 3.63) is 0 Å². The summed E-state index contributed by atoms with van der Waals surface area (Å²) in [7, 11) is 4.17. The zero-order valence-electron chi connectivity index (χ0n) is 11.1. The molecule has 0 N–H and O–H groups in total. The number of piperidine rings is 1. The first-order chi connectivity index (χ1) is 8.08. The average molecular weight is 237 g/mol. The number of amides is 1. The maximum atomic E-state index is 12.0. The summed E-state index contributed by atoms with van der Waals surface area (Å²) in [6, 6.07) is 2.09. The number of likely N-dealkylation sites (tertiary alicyclic amines) is 1. The third-order valence-electron chi connectivity index (χ3n) is 3.41. The molecule has 4 heteroatoms. The topological polar surface area (TPSA) is 47.3 Å². The number of carbonyl (C=O) groups is 1. The van der Waals surface area contributed by atoms with Crippen LogP contribution in [0.25, 0.3) is 0 Å². The van der Waals surface area contributed by atoms with Crippen molar-refractivity contribution in [2.24, 2.45) is 11.8 Å². The van der Waals surface area contributed by atoms with E-state index in [9.17, 15) is 4.79 Å². The lowest BCUT2D eigenvalue weighted by atomic mass is 9.95. The first-order valence-corrected chi connectivity index (χ1v) is 6.41.